The summed E-state index contributed by atoms with van der Waals surface area (Å²) in [5.41, 5.74) is 1.07. The van der Waals surface area contributed by atoms with Crippen LogP contribution in [0, 0.1) is 6.92 Å². The van der Waals surface area contributed by atoms with Crippen molar-refractivity contribution in [2.45, 2.75) is 19.4 Å². The summed E-state index contributed by atoms with van der Waals surface area (Å²) in [4.78, 5) is 6.74. The summed E-state index contributed by atoms with van der Waals surface area (Å²) in [6, 6.07) is 9.94. The molecule has 1 aromatic heterocycles. The van der Waals surface area contributed by atoms with Crippen LogP contribution in [0.4, 0.5) is 0 Å². The predicted octanol–water partition coefficient (Wildman–Crippen LogP) is 3.03. The molecule has 3 rings (SSSR count). The van der Waals surface area contributed by atoms with Crippen LogP contribution in [-0.2, 0) is 11.2 Å². The van der Waals surface area contributed by atoms with Crippen LogP contribution in [0.15, 0.2) is 39.7 Å². The quantitative estimate of drug-likeness (QED) is 0.491. The second-order valence-corrected chi connectivity index (χ2v) is 7.61. The number of aliphatic imine (C=N–C) groups is 1. The first-order valence-electron chi connectivity index (χ1n) is 10.3. The van der Waals surface area contributed by atoms with Gasteiger partial charge in [-0.25, -0.2) is 0 Å². The number of aryl methyl sites for hydroxylation is 1. The van der Waals surface area contributed by atoms with E-state index in [2.05, 4.69) is 26.6 Å². The Morgan fingerprint density at radius 1 is 1.23 bits per heavy atom. The van der Waals surface area contributed by atoms with Crippen LogP contribution in [-0.4, -0.2) is 64.4 Å². The zero-order valence-corrected chi connectivity index (χ0v) is 18.7. The van der Waals surface area contributed by atoms with Crippen molar-refractivity contribution in [1.29, 1.82) is 0 Å². The number of hydrogen-bond donors (Lipinski definition) is 2. The lowest BCUT2D eigenvalue weighted by atomic mass is 10.1. The summed E-state index contributed by atoms with van der Waals surface area (Å²) in [7, 11) is 3.41. The smallest absolute Gasteiger partial charge is 0.191 e. The van der Waals surface area contributed by atoms with Crippen molar-refractivity contribution in [3.8, 4) is 5.75 Å². The van der Waals surface area contributed by atoms with Crippen LogP contribution in [0.25, 0.3) is 0 Å². The normalized spacial score (nSPS) is 16.3. The van der Waals surface area contributed by atoms with E-state index in [1.807, 2.05) is 31.2 Å². The third kappa shape index (κ3) is 6.14. The van der Waals surface area contributed by atoms with Gasteiger partial charge in [0.2, 0.25) is 0 Å². The highest BCUT2D eigenvalue weighted by atomic mass is 35.5. The van der Waals surface area contributed by atoms with E-state index >= 15 is 0 Å². The van der Waals surface area contributed by atoms with E-state index in [9.17, 15) is 0 Å². The Labute approximate surface area is 183 Å². The van der Waals surface area contributed by atoms with E-state index in [1.54, 1.807) is 14.2 Å². The maximum Gasteiger partial charge on any atom is 0.191 e. The molecule has 0 saturated carbocycles. The molecule has 1 aliphatic heterocycles. The summed E-state index contributed by atoms with van der Waals surface area (Å²) in [6.45, 7) is 6.63. The Bertz CT molecular complexity index is 834. The van der Waals surface area contributed by atoms with E-state index in [0.29, 0.717) is 18.1 Å². The average molecular weight is 435 g/mol. The molecule has 0 spiro atoms. The minimum Gasteiger partial charge on any atom is -0.497 e. The molecule has 1 aromatic carbocycles. The van der Waals surface area contributed by atoms with Gasteiger partial charge in [0.15, 0.2) is 5.96 Å². The molecule has 2 N–H and O–H groups in total. The van der Waals surface area contributed by atoms with Crippen molar-refractivity contribution in [2.75, 3.05) is 53.6 Å². The van der Waals surface area contributed by atoms with Crippen LogP contribution < -0.4 is 15.4 Å². The topological polar surface area (TPSA) is 71.3 Å². The number of furan rings is 1. The molecule has 0 radical (unpaired) electrons. The van der Waals surface area contributed by atoms with Gasteiger partial charge in [-0.15, -0.1) is 0 Å². The largest absolute Gasteiger partial charge is 0.497 e. The molecule has 0 bridgehead atoms. The molecule has 2 heterocycles. The second-order valence-electron chi connectivity index (χ2n) is 7.20. The zero-order chi connectivity index (χ0) is 21.3. The molecule has 1 unspecified atom stereocenters. The Morgan fingerprint density at radius 3 is 2.67 bits per heavy atom. The van der Waals surface area contributed by atoms with Crippen molar-refractivity contribution in [1.82, 2.24) is 15.5 Å². The number of hydrogen-bond acceptors (Lipinski definition) is 5. The molecule has 1 aliphatic rings. The fraction of sp³-hybridized carbons (Fsp3) is 0.500. The van der Waals surface area contributed by atoms with Crippen molar-refractivity contribution in [3.63, 3.8) is 0 Å². The molecular formula is C22H31ClN4O3. The number of ether oxygens (including phenoxy) is 2. The highest BCUT2D eigenvalue weighted by molar-refractivity contribution is 6.31. The van der Waals surface area contributed by atoms with E-state index < -0.39 is 0 Å². The lowest BCUT2D eigenvalue weighted by Crippen LogP contribution is -2.46. The van der Waals surface area contributed by atoms with Crippen LogP contribution >= 0.6 is 11.6 Å². The van der Waals surface area contributed by atoms with E-state index in [1.165, 1.54) is 0 Å². The maximum absolute atomic E-state index is 6.34. The Hall–Kier alpha value is -2.22. The Morgan fingerprint density at radius 2 is 2.03 bits per heavy atom. The third-order valence-corrected chi connectivity index (χ3v) is 5.56. The van der Waals surface area contributed by atoms with Gasteiger partial charge in [-0.3, -0.25) is 9.89 Å². The number of nitrogens with one attached hydrogen (secondary N) is 2. The molecule has 0 amide bonds. The highest BCUT2D eigenvalue weighted by Gasteiger charge is 2.25. The molecule has 164 valence electrons. The van der Waals surface area contributed by atoms with Crippen molar-refractivity contribution in [2.24, 2.45) is 4.99 Å². The number of morpholine rings is 1. The second kappa shape index (κ2) is 11.2. The fourth-order valence-electron chi connectivity index (χ4n) is 3.52. The molecular weight excluding hydrogens is 404 g/mol. The van der Waals surface area contributed by atoms with Gasteiger partial charge in [0.25, 0.3) is 0 Å². The molecule has 30 heavy (non-hydrogen) atoms. The number of rotatable bonds is 8. The monoisotopic (exact) mass is 434 g/mol. The van der Waals surface area contributed by atoms with Gasteiger partial charge in [-0.2, -0.15) is 0 Å². The molecule has 7 nitrogen and oxygen atoms in total. The number of benzene rings is 1. The van der Waals surface area contributed by atoms with Gasteiger partial charge in [0.05, 0.1) is 26.4 Å². The van der Waals surface area contributed by atoms with E-state index in [0.717, 1.165) is 61.5 Å². The number of nitrogens with zero attached hydrogens (tertiary/aromatic N) is 2. The van der Waals surface area contributed by atoms with Gasteiger partial charge >= 0.3 is 0 Å². The fourth-order valence-corrected chi connectivity index (χ4v) is 3.78. The Kier molecular flexibility index (Phi) is 8.42. The molecule has 1 fully saturated rings. The van der Waals surface area contributed by atoms with Crippen molar-refractivity contribution in [3.05, 3.63) is 52.4 Å². The highest BCUT2D eigenvalue weighted by Crippen LogP contribution is 2.24. The third-order valence-electron chi connectivity index (χ3n) is 5.21. The summed E-state index contributed by atoms with van der Waals surface area (Å²) in [5.74, 6) is 3.39. The predicted molar refractivity (Wildman–Crippen MR) is 120 cm³/mol. The minimum absolute atomic E-state index is 0.122. The van der Waals surface area contributed by atoms with Gasteiger partial charge in [-0.1, -0.05) is 17.7 Å². The number of guanidine groups is 1. The maximum atomic E-state index is 6.34. The van der Waals surface area contributed by atoms with Gasteiger partial charge in [0, 0.05) is 38.2 Å². The SMILES string of the molecule is CN=C(NCCc1ccc(OC)cc1Cl)NCC(c1ccc(C)o1)N1CCOCC1. The van der Waals surface area contributed by atoms with Crippen molar-refractivity contribution < 1.29 is 13.9 Å². The number of methoxy groups -OCH3 is 1. The van der Waals surface area contributed by atoms with E-state index in [4.69, 9.17) is 25.5 Å². The summed E-state index contributed by atoms with van der Waals surface area (Å²) in [6.07, 6.45) is 0.786. The first-order chi connectivity index (χ1) is 14.6. The lowest BCUT2D eigenvalue weighted by molar-refractivity contribution is 0.0124. The molecule has 2 aromatic rings. The standard InChI is InChI=1S/C22H31ClN4O3/c1-16-4-7-21(30-16)20(27-10-12-29-13-11-27)15-26-22(24-2)25-9-8-17-5-6-18(28-3)14-19(17)23/h4-7,14,20H,8-13,15H2,1-3H3,(H2,24,25,26). The van der Waals surface area contributed by atoms with Crippen LogP contribution in [0.2, 0.25) is 5.02 Å². The summed E-state index contributed by atoms with van der Waals surface area (Å²) in [5, 5.41) is 7.51. The lowest BCUT2D eigenvalue weighted by Gasteiger charge is -2.33. The van der Waals surface area contributed by atoms with Crippen LogP contribution in [0.5, 0.6) is 5.75 Å². The number of halogens is 1. The molecule has 1 atom stereocenters. The molecule has 0 aliphatic carbocycles. The first-order valence-corrected chi connectivity index (χ1v) is 10.6. The first kappa shape index (κ1) is 22.5. The van der Waals surface area contributed by atoms with Gasteiger partial charge < -0.3 is 24.5 Å². The van der Waals surface area contributed by atoms with Crippen LogP contribution in [0.1, 0.15) is 23.1 Å². The van der Waals surface area contributed by atoms with Gasteiger partial charge in [0.1, 0.15) is 17.3 Å². The summed E-state index contributed by atoms with van der Waals surface area (Å²) < 4.78 is 16.6. The van der Waals surface area contributed by atoms with Crippen molar-refractivity contribution >= 4 is 17.6 Å². The molecule has 8 heteroatoms. The van der Waals surface area contributed by atoms with Gasteiger partial charge in [-0.05, 0) is 43.2 Å². The zero-order valence-electron chi connectivity index (χ0n) is 17.9. The minimum atomic E-state index is 0.122. The Balaban J connectivity index is 1.54. The van der Waals surface area contributed by atoms with E-state index in [-0.39, 0.29) is 6.04 Å². The summed E-state index contributed by atoms with van der Waals surface area (Å²) >= 11 is 6.34. The van der Waals surface area contributed by atoms with Crippen LogP contribution in [0.3, 0.4) is 0 Å². The average Bonchev–Trinajstić information content (AvgIpc) is 3.20. The molecule has 1 saturated heterocycles.